The monoisotopic (exact) mass is 239 g/mol. The summed E-state index contributed by atoms with van der Waals surface area (Å²) in [5.74, 6) is -0.0700. The number of aromatic nitrogens is 2. The Morgan fingerprint density at radius 3 is 2.78 bits per heavy atom. The van der Waals surface area contributed by atoms with Gasteiger partial charge < -0.3 is 10.1 Å². The number of rotatable bonds is 1. The van der Waals surface area contributed by atoms with Gasteiger partial charge >= 0.3 is 5.82 Å². The van der Waals surface area contributed by atoms with Crippen molar-refractivity contribution in [2.45, 2.75) is 0 Å². The molecule has 0 atom stereocenters. The highest BCUT2D eigenvalue weighted by atomic mass is 127. The first kappa shape index (κ1) is 6.46. The maximum Gasteiger partial charge on any atom is 0.343 e. The quantitative estimate of drug-likeness (QED) is 0.450. The van der Waals surface area contributed by atoms with Crippen molar-refractivity contribution in [1.29, 1.82) is 0 Å². The number of aromatic amines is 1. The van der Waals surface area contributed by atoms with Gasteiger partial charge in [-0.1, -0.05) is 5.10 Å². The van der Waals surface area contributed by atoms with Crippen molar-refractivity contribution in [2.75, 3.05) is 0 Å². The maximum atomic E-state index is 9.95. The zero-order chi connectivity index (χ0) is 6.85. The van der Waals surface area contributed by atoms with E-state index in [1.54, 1.807) is 0 Å². The highest BCUT2D eigenvalue weighted by Crippen LogP contribution is 2.08. The number of nitrogens with zero attached hydrogens (tertiary/aromatic N) is 2. The second-order valence-corrected chi connectivity index (χ2v) is 2.44. The van der Waals surface area contributed by atoms with Crippen LogP contribution in [0.1, 0.15) is 0 Å². The average molecular weight is 239 g/mol. The van der Waals surface area contributed by atoms with Gasteiger partial charge in [-0.2, -0.15) is 0 Å². The Hall–Kier alpha value is -0.660. The van der Waals surface area contributed by atoms with Crippen LogP contribution in [0.4, 0.5) is 5.82 Å². The first-order valence-electron chi connectivity index (χ1n) is 2.05. The molecule has 0 aliphatic rings. The molecule has 5 nitrogen and oxygen atoms in total. The number of hydrogen-bond donors (Lipinski definition) is 1. The lowest BCUT2D eigenvalue weighted by atomic mass is 10.7. The van der Waals surface area contributed by atoms with Gasteiger partial charge in [0.25, 0.3) is 0 Å². The van der Waals surface area contributed by atoms with E-state index >= 15 is 0 Å². The van der Waals surface area contributed by atoms with Crippen LogP contribution in [0.15, 0.2) is 6.07 Å². The highest BCUT2D eigenvalue weighted by molar-refractivity contribution is 14.1. The van der Waals surface area contributed by atoms with Crippen molar-refractivity contribution < 1.29 is 4.92 Å². The first-order valence-corrected chi connectivity index (χ1v) is 3.13. The molecule has 0 saturated carbocycles. The molecule has 0 fully saturated rings. The fourth-order valence-electron chi connectivity index (χ4n) is 0.382. The minimum atomic E-state index is -0.519. The molecule has 0 amide bonds. The molecule has 9 heavy (non-hydrogen) atoms. The predicted octanol–water partition coefficient (Wildman–Crippen LogP) is 0.922. The van der Waals surface area contributed by atoms with E-state index in [0.29, 0.717) is 3.70 Å². The van der Waals surface area contributed by atoms with E-state index in [0.717, 1.165) is 0 Å². The van der Waals surface area contributed by atoms with Gasteiger partial charge in [0.2, 0.25) is 0 Å². The molecule has 6 heteroatoms. The van der Waals surface area contributed by atoms with Gasteiger partial charge in [-0.05, 0) is 27.5 Å². The summed E-state index contributed by atoms with van der Waals surface area (Å²) in [6.07, 6.45) is 0. The van der Waals surface area contributed by atoms with E-state index in [-0.39, 0.29) is 5.82 Å². The molecule has 48 valence electrons. The van der Waals surface area contributed by atoms with E-state index in [2.05, 4.69) is 10.2 Å². The smallest absolute Gasteiger partial charge is 0.343 e. The Balaban J connectivity index is 2.98. The zero-order valence-electron chi connectivity index (χ0n) is 4.17. The molecule has 0 saturated heterocycles. The standard InChI is InChI=1S/C3H2IN3O2/c4-2-1-3(6-5-2)7(8)9/h1H,(H,5,6). The van der Waals surface area contributed by atoms with Crippen molar-refractivity contribution in [3.8, 4) is 0 Å². The van der Waals surface area contributed by atoms with Crippen LogP contribution in [0.3, 0.4) is 0 Å². The number of nitro groups is 1. The minimum Gasteiger partial charge on any atom is -0.358 e. The number of halogens is 1. The van der Waals surface area contributed by atoms with Gasteiger partial charge in [-0.3, -0.25) is 0 Å². The molecule has 0 radical (unpaired) electrons. The molecular weight excluding hydrogens is 237 g/mol. The number of H-pyrrole nitrogens is 1. The van der Waals surface area contributed by atoms with Gasteiger partial charge in [0.05, 0.1) is 6.07 Å². The van der Waals surface area contributed by atoms with Crippen LogP contribution in [0.25, 0.3) is 0 Å². The van der Waals surface area contributed by atoms with Crippen molar-refractivity contribution in [2.24, 2.45) is 0 Å². The van der Waals surface area contributed by atoms with Gasteiger partial charge in [0.15, 0.2) is 3.70 Å². The summed E-state index contributed by atoms with van der Waals surface area (Å²) in [7, 11) is 0. The van der Waals surface area contributed by atoms with Crippen molar-refractivity contribution in [1.82, 2.24) is 10.2 Å². The topological polar surface area (TPSA) is 71.8 Å². The lowest BCUT2D eigenvalue weighted by molar-refractivity contribution is -0.389. The largest absolute Gasteiger partial charge is 0.358 e. The summed E-state index contributed by atoms with van der Waals surface area (Å²) in [6.45, 7) is 0. The normalized spacial score (nSPS) is 9.44. The molecule has 0 aromatic carbocycles. The van der Waals surface area contributed by atoms with E-state index in [1.165, 1.54) is 6.07 Å². The van der Waals surface area contributed by atoms with Crippen LogP contribution >= 0.6 is 22.6 Å². The second-order valence-electron chi connectivity index (χ2n) is 1.33. The Morgan fingerprint density at radius 2 is 2.56 bits per heavy atom. The molecule has 0 aliphatic heterocycles. The fourth-order valence-corrected chi connectivity index (χ4v) is 0.797. The van der Waals surface area contributed by atoms with Gasteiger partial charge in [-0.25, -0.2) is 0 Å². The van der Waals surface area contributed by atoms with Crippen LogP contribution in [-0.2, 0) is 0 Å². The lowest BCUT2D eigenvalue weighted by Gasteiger charge is -1.83. The Labute approximate surface area is 63.7 Å². The van der Waals surface area contributed by atoms with Crippen LogP contribution in [-0.4, -0.2) is 15.1 Å². The molecule has 1 heterocycles. The van der Waals surface area contributed by atoms with Crippen molar-refractivity contribution >= 4 is 28.4 Å². The van der Waals surface area contributed by atoms with Gasteiger partial charge in [0.1, 0.15) is 0 Å². The van der Waals surface area contributed by atoms with Crippen LogP contribution < -0.4 is 0 Å². The first-order chi connectivity index (χ1) is 4.20. The SMILES string of the molecule is O=[N+]([O-])c1cc(I)n[nH]1. The molecule has 0 unspecified atom stereocenters. The third kappa shape index (κ3) is 1.37. The van der Waals surface area contributed by atoms with E-state index in [1.807, 2.05) is 22.6 Å². The lowest BCUT2D eigenvalue weighted by Crippen LogP contribution is -1.86. The molecular formula is C3H2IN3O2. The van der Waals surface area contributed by atoms with E-state index in [4.69, 9.17) is 0 Å². The predicted molar refractivity (Wildman–Crippen MR) is 38.0 cm³/mol. The highest BCUT2D eigenvalue weighted by Gasteiger charge is 2.05. The average Bonchev–Trinajstić information content (AvgIpc) is 2.14. The third-order valence-electron chi connectivity index (χ3n) is 0.730. The summed E-state index contributed by atoms with van der Waals surface area (Å²) in [4.78, 5) is 9.43. The molecule has 1 N–H and O–H groups in total. The third-order valence-corrected chi connectivity index (χ3v) is 1.28. The fraction of sp³-hybridized carbons (Fsp3) is 0. The molecule has 0 spiro atoms. The molecule has 1 aromatic heterocycles. The number of nitrogens with one attached hydrogen (secondary N) is 1. The maximum absolute atomic E-state index is 9.95. The summed E-state index contributed by atoms with van der Waals surface area (Å²) in [5, 5.41) is 15.8. The van der Waals surface area contributed by atoms with Gasteiger partial charge in [-0.15, -0.1) is 5.10 Å². The zero-order valence-corrected chi connectivity index (χ0v) is 6.32. The Morgan fingerprint density at radius 1 is 1.89 bits per heavy atom. The molecule has 0 bridgehead atoms. The summed E-state index contributed by atoms with van der Waals surface area (Å²) >= 11 is 1.89. The summed E-state index contributed by atoms with van der Waals surface area (Å²) in [5.41, 5.74) is 0. The second kappa shape index (κ2) is 2.29. The Bertz CT molecular complexity index is 233. The van der Waals surface area contributed by atoms with E-state index in [9.17, 15) is 10.1 Å². The van der Waals surface area contributed by atoms with Crippen LogP contribution in [0.2, 0.25) is 0 Å². The summed E-state index contributed by atoms with van der Waals surface area (Å²) in [6, 6.07) is 1.36. The molecule has 1 rings (SSSR count). The Kier molecular flexibility index (Phi) is 1.65. The van der Waals surface area contributed by atoms with Crippen LogP contribution in [0, 0.1) is 13.8 Å². The molecule has 1 aromatic rings. The summed E-state index contributed by atoms with van der Waals surface area (Å²) < 4.78 is 0.597. The van der Waals surface area contributed by atoms with Crippen LogP contribution in [0.5, 0.6) is 0 Å². The number of hydrogen-bond acceptors (Lipinski definition) is 3. The molecule has 0 aliphatic carbocycles. The minimum absolute atomic E-state index is 0.0700. The van der Waals surface area contributed by atoms with Crippen molar-refractivity contribution in [3.05, 3.63) is 19.9 Å². The van der Waals surface area contributed by atoms with E-state index < -0.39 is 4.92 Å². The van der Waals surface area contributed by atoms with Crippen molar-refractivity contribution in [3.63, 3.8) is 0 Å². The van der Waals surface area contributed by atoms with Gasteiger partial charge in [0, 0.05) is 0 Å².